The van der Waals surface area contributed by atoms with Gasteiger partial charge in [0.15, 0.2) is 0 Å². The minimum absolute atomic E-state index is 0.657. The summed E-state index contributed by atoms with van der Waals surface area (Å²) in [5.41, 5.74) is 9.19. The number of hydrogen-bond donors (Lipinski definition) is 4. The van der Waals surface area contributed by atoms with Crippen LogP contribution in [0.4, 0.5) is 0 Å². The molecule has 1 aliphatic rings. The first kappa shape index (κ1) is 14.8. The van der Waals surface area contributed by atoms with E-state index in [1.807, 2.05) is 0 Å². The third-order valence-corrected chi connectivity index (χ3v) is 2.95. The molecule has 98 valence electrons. The van der Waals surface area contributed by atoms with Crippen molar-refractivity contribution in [3.63, 3.8) is 0 Å². The Labute approximate surface area is 115 Å². The van der Waals surface area contributed by atoms with Gasteiger partial charge >= 0.3 is 0 Å². The Morgan fingerprint density at radius 3 is 2.65 bits per heavy atom. The van der Waals surface area contributed by atoms with Crippen molar-refractivity contribution < 1.29 is 0 Å². The minimum atomic E-state index is 0.657. The molecule has 0 saturated carbocycles. The average molecular weight is 274 g/mol. The maximum Gasteiger partial charge on any atom is 0.118 e. The zero-order valence-electron chi connectivity index (χ0n) is 10.3. The van der Waals surface area contributed by atoms with Crippen LogP contribution in [0.5, 0.6) is 0 Å². The van der Waals surface area contributed by atoms with Crippen LogP contribution in [0.15, 0.2) is 11.1 Å². The van der Waals surface area contributed by atoms with Crippen LogP contribution in [0.2, 0.25) is 0 Å². The molecule has 0 amide bonds. The van der Waals surface area contributed by atoms with Gasteiger partial charge in [-0.3, -0.25) is 10.9 Å². The summed E-state index contributed by atoms with van der Waals surface area (Å²) in [5.74, 6) is 0. The zero-order chi connectivity index (χ0) is 12.5. The summed E-state index contributed by atoms with van der Waals surface area (Å²) >= 11 is 9.27. The topological polar surface area (TPSA) is 39.3 Å². The Bertz CT molecular complexity index is 268. The van der Waals surface area contributed by atoms with Crippen LogP contribution in [-0.2, 0) is 0 Å². The summed E-state index contributed by atoms with van der Waals surface area (Å²) in [6.07, 6.45) is 9.54. The highest BCUT2D eigenvalue weighted by Gasteiger charge is 2.10. The van der Waals surface area contributed by atoms with E-state index in [-0.39, 0.29) is 0 Å². The number of unbranched alkanes of at least 4 members (excludes halogenated alkanes) is 5. The van der Waals surface area contributed by atoms with Gasteiger partial charge in [-0.15, -0.1) is 12.6 Å². The van der Waals surface area contributed by atoms with Crippen LogP contribution in [0.1, 0.15) is 45.4 Å². The molecule has 1 heterocycles. The number of thiocarbonyl (C=S) groups is 1. The second kappa shape index (κ2) is 8.74. The maximum absolute atomic E-state index is 5.05. The van der Waals surface area contributed by atoms with Gasteiger partial charge in [0.1, 0.15) is 4.99 Å². The van der Waals surface area contributed by atoms with E-state index in [0.717, 1.165) is 11.6 Å². The van der Waals surface area contributed by atoms with E-state index in [2.05, 4.69) is 35.8 Å². The van der Waals surface area contributed by atoms with E-state index < -0.39 is 0 Å². The Morgan fingerprint density at radius 1 is 1.24 bits per heavy atom. The lowest BCUT2D eigenvalue weighted by molar-refractivity contribution is 0.0987. The largest absolute Gasteiger partial charge is 0.281 e. The Balaban J connectivity index is 2.00. The van der Waals surface area contributed by atoms with Crippen molar-refractivity contribution in [1.82, 2.24) is 21.5 Å². The predicted octanol–water partition coefficient (Wildman–Crippen LogP) is 2.27. The molecule has 1 aliphatic heterocycles. The molecule has 0 aromatic carbocycles. The number of rotatable bonds is 8. The summed E-state index contributed by atoms with van der Waals surface area (Å²) in [4.78, 5) is 0.657. The monoisotopic (exact) mass is 274 g/mol. The van der Waals surface area contributed by atoms with E-state index in [0.29, 0.717) is 4.99 Å². The molecule has 0 aromatic heterocycles. The van der Waals surface area contributed by atoms with Gasteiger partial charge in [-0.05, 0) is 6.42 Å². The molecule has 1 rings (SSSR count). The molecular formula is C11H22N4S2. The highest BCUT2D eigenvalue weighted by atomic mass is 32.1. The zero-order valence-corrected chi connectivity index (χ0v) is 12.0. The fourth-order valence-electron chi connectivity index (χ4n) is 1.62. The Kier molecular flexibility index (Phi) is 7.59. The molecule has 0 radical (unpaired) electrons. The standard InChI is InChI=1S/C11H22N4S2/c1-2-3-4-5-6-7-8-12-15-13-10(16)9-11(17)14-15/h9,12-13,16H,2-8H2,1H3,(H,14,17). The predicted molar refractivity (Wildman–Crippen MR) is 79.2 cm³/mol. The van der Waals surface area contributed by atoms with Crippen LogP contribution in [-0.4, -0.2) is 16.8 Å². The Morgan fingerprint density at radius 2 is 1.94 bits per heavy atom. The van der Waals surface area contributed by atoms with Gasteiger partial charge in [0, 0.05) is 12.6 Å². The first-order chi connectivity index (χ1) is 8.22. The molecule has 17 heavy (non-hydrogen) atoms. The molecule has 0 unspecified atom stereocenters. The van der Waals surface area contributed by atoms with E-state index in [1.54, 1.807) is 11.3 Å². The molecule has 3 N–H and O–H groups in total. The Hall–Kier alpha value is -0.300. The molecule has 0 fully saturated rings. The molecule has 0 atom stereocenters. The van der Waals surface area contributed by atoms with E-state index in [1.165, 1.54) is 38.5 Å². The first-order valence-electron chi connectivity index (χ1n) is 6.24. The smallest absolute Gasteiger partial charge is 0.118 e. The van der Waals surface area contributed by atoms with Crippen molar-refractivity contribution in [2.75, 3.05) is 6.54 Å². The van der Waals surface area contributed by atoms with Gasteiger partial charge in [-0.2, -0.15) is 0 Å². The van der Waals surface area contributed by atoms with Gasteiger partial charge in [-0.25, -0.2) is 5.43 Å². The molecule has 0 bridgehead atoms. The number of nitrogens with zero attached hydrogens (tertiary/aromatic N) is 1. The van der Waals surface area contributed by atoms with E-state index >= 15 is 0 Å². The van der Waals surface area contributed by atoms with Gasteiger partial charge in [0.25, 0.3) is 0 Å². The lowest BCUT2D eigenvalue weighted by Crippen LogP contribution is -2.59. The molecule has 0 spiro atoms. The van der Waals surface area contributed by atoms with Gasteiger partial charge in [0.2, 0.25) is 0 Å². The van der Waals surface area contributed by atoms with Gasteiger partial charge in [0.05, 0.1) is 5.03 Å². The van der Waals surface area contributed by atoms with Crippen molar-refractivity contribution in [1.29, 1.82) is 0 Å². The van der Waals surface area contributed by atoms with Crippen molar-refractivity contribution in [3.8, 4) is 0 Å². The summed E-state index contributed by atoms with van der Waals surface area (Å²) in [7, 11) is 0. The average Bonchev–Trinajstić information content (AvgIpc) is 2.26. The normalized spacial score (nSPS) is 16.4. The van der Waals surface area contributed by atoms with Crippen LogP contribution in [0.3, 0.4) is 0 Å². The molecular weight excluding hydrogens is 252 g/mol. The SMILES string of the molecule is CCCCCCCCNN1NC(=S)C=C(S)N1. The highest BCUT2D eigenvalue weighted by Crippen LogP contribution is 2.04. The van der Waals surface area contributed by atoms with Crippen LogP contribution in [0.25, 0.3) is 0 Å². The number of hydrogen-bond acceptors (Lipinski definition) is 5. The molecule has 4 nitrogen and oxygen atoms in total. The van der Waals surface area contributed by atoms with Gasteiger partial charge < -0.3 is 0 Å². The second-order valence-electron chi connectivity index (χ2n) is 4.13. The molecule has 0 aromatic rings. The summed E-state index contributed by atoms with van der Waals surface area (Å²) in [5, 5.41) is 2.40. The van der Waals surface area contributed by atoms with Crippen molar-refractivity contribution >= 4 is 29.8 Å². The quantitative estimate of drug-likeness (QED) is 0.310. The van der Waals surface area contributed by atoms with E-state index in [4.69, 9.17) is 12.2 Å². The number of hydrazine groups is 3. The third-order valence-electron chi connectivity index (χ3n) is 2.52. The summed E-state index contributed by atoms with van der Waals surface area (Å²) in [6, 6.07) is 0. The lowest BCUT2D eigenvalue weighted by atomic mass is 10.1. The van der Waals surface area contributed by atoms with Crippen LogP contribution < -0.4 is 16.3 Å². The van der Waals surface area contributed by atoms with Crippen LogP contribution >= 0.6 is 24.8 Å². The van der Waals surface area contributed by atoms with Crippen molar-refractivity contribution in [2.24, 2.45) is 0 Å². The number of thiol groups is 1. The summed E-state index contributed by atoms with van der Waals surface area (Å²) < 4.78 is 0. The molecule has 0 aliphatic carbocycles. The molecule has 6 heteroatoms. The highest BCUT2D eigenvalue weighted by molar-refractivity contribution is 7.84. The first-order valence-corrected chi connectivity index (χ1v) is 7.09. The van der Waals surface area contributed by atoms with Crippen molar-refractivity contribution in [3.05, 3.63) is 11.1 Å². The lowest BCUT2D eigenvalue weighted by Gasteiger charge is -2.28. The third kappa shape index (κ3) is 6.88. The minimum Gasteiger partial charge on any atom is -0.281 e. The summed E-state index contributed by atoms with van der Waals surface area (Å²) in [6.45, 7) is 3.16. The van der Waals surface area contributed by atoms with Crippen molar-refractivity contribution in [2.45, 2.75) is 45.4 Å². The maximum atomic E-state index is 5.05. The fraction of sp³-hybridized carbons (Fsp3) is 0.727. The second-order valence-corrected chi connectivity index (χ2v) is 5.05. The van der Waals surface area contributed by atoms with E-state index in [9.17, 15) is 0 Å². The fourth-order valence-corrected chi connectivity index (χ4v) is 2.14. The van der Waals surface area contributed by atoms with Crippen LogP contribution in [0, 0.1) is 0 Å². The number of nitrogens with one attached hydrogen (secondary N) is 3. The van der Waals surface area contributed by atoms with Gasteiger partial charge in [-0.1, -0.05) is 56.5 Å². The molecule has 0 saturated heterocycles.